The molecule has 0 atom stereocenters. The van der Waals surface area contributed by atoms with E-state index in [1.165, 1.54) is 4.57 Å². The van der Waals surface area contributed by atoms with Crippen molar-refractivity contribution in [2.24, 2.45) is 7.05 Å². The van der Waals surface area contributed by atoms with Gasteiger partial charge in [-0.1, -0.05) is 5.46 Å². The lowest BCUT2D eigenvalue weighted by atomic mass is 9.98. The highest BCUT2D eigenvalue weighted by atomic mass is 16.5. The number of hydrogen-bond acceptors (Lipinski definition) is 7. The van der Waals surface area contributed by atoms with Crippen molar-refractivity contribution in [2.75, 3.05) is 38.9 Å². The normalized spacial score (nSPS) is 10.5. The molecule has 134 valence electrons. The Morgan fingerprint density at radius 1 is 1.28 bits per heavy atom. The van der Waals surface area contributed by atoms with Crippen molar-refractivity contribution in [1.29, 1.82) is 0 Å². The standard InChI is InChI=1S/C16H22BN3O5/c1-20-10-11(17)9-12(16(20)22)18-14-4-3-13(24-6-5-21)15(19-14)25-8-7-23-2/h3-4,9-10,21H,5-8,17H2,1-2H3,(H,18,19). The van der Waals surface area contributed by atoms with Crippen LogP contribution in [0.2, 0.25) is 0 Å². The summed E-state index contributed by atoms with van der Waals surface area (Å²) in [6.07, 6.45) is 1.76. The minimum atomic E-state index is -0.158. The van der Waals surface area contributed by atoms with E-state index in [9.17, 15) is 4.79 Å². The summed E-state index contributed by atoms with van der Waals surface area (Å²) in [7, 11) is 5.17. The molecular weight excluding hydrogens is 325 g/mol. The number of aromatic nitrogens is 2. The predicted octanol–water partition coefficient (Wildman–Crippen LogP) is -0.821. The van der Waals surface area contributed by atoms with E-state index in [0.29, 0.717) is 30.5 Å². The van der Waals surface area contributed by atoms with Crippen molar-refractivity contribution in [1.82, 2.24) is 9.55 Å². The minimum Gasteiger partial charge on any atom is -0.486 e. The van der Waals surface area contributed by atoms with Gasteiger partial charge in [-0.05, 0) is 18.2 Å². The van der Waals surface area contributed by atoms with Gasteiger partial charge in [-0.2, -0.15) is 4.98 Å². The lowest BCUT2D eigenvalue weighted by Crippen LogP contribution is -2.24. The highest BCUT2D eigenvalue weighted by molar-refractivity contribution is 6.32. The molecular formula is C16H22BN3O5. The Balaban J connectivity index is 2.26. The van der Waals surface area contributed by atoms with Crippen LogP contribution in [0.4, 0.5) is 11.5 Å². The first-order valence-electron chi connectivity index (χ1n) is 7.86. The maximum atomic E-state index is 12.2. The van der Waals surface area contributed by atoms with Gasteiger partial charge in [0.05, 0.1) is 13.2 Å². The van der Waals surface area contributed by atoms with Crippen LogP contribution in [0.5, 0.6) is 11.6 Å². The largest absolute Gasteiger partial charge is 0.486 e. The minimum absolute atomic E-state index is 0.114. The number of anilines is 2. The molecule has 0 aliphatic carbocycles. The van der Waals surface area contributed by atoms with Crippen LogP contribution < -0.4 is 25.8 Å². The highest BCUT2D eigenvalue weighted by Crippen LogP contribution is 2.27. The van der Waals surface area contributed by atoms with Gasteiger partial charge >= 0.3 is 0 Å². The molecule has 2 rings (SSSR count). The van der Waals surface area contributed by atoms with Crippen molar-refractivity contribution >= 4 is 24.8 Å². The lowest BCUT2D eigenvalue weighted by molar-refractivity contribution is 0.138. The first kappa shape index (κ1) is 18.8. The third-order valence-electron chi connectivity index (χ3n) is 3.28. The summed E-state index contributed by atoms with van der Waals surface area (Å²) in [5.41, 5.74) is 1.21. The molecule has 0 aliphatic heterocycles. The second-order valence-electron chi connectivity index (χ2n) is 5.39. The maximum Gasteiger partial charge on any atom is 0.273 e. The van der Waals surface area contributed by atoms with Gasteiger partial charge in [-0.15, -0.1) is 0 Å². The molecule has 8 nitrogen and oxygen atoms in total. The first-order valence-corrected chi connectivity index (χ1v) is 7.86. The van der Waals surface area contributed by atoms with Crippen LogP contribution in [0.15, 0.2) is 29.2 Å². The molecule has 0 spiro atoms. The number of pyridine rings is 2. The van der Waals surface area contributed by atoms with Gasteiger partial charge in [-0.25, -0.2) is 0 Å². The number of methoxy groups -OCH3 is 1. The summed E-state index contributed by atoms with van der Waals surface area (Å²) in [6, 6.07) is 5.11. The average Bonchev–Trinajstić information content (AvgIpc) is 2.58. The zero-order valence-corrected chi connectivity index (χ0v) is 14.6. The van der Waals surface area contributed by atoms with Crippen molar-refractivity contribution in [2.45, 2.75) is 0 Å². The van der Waals surface area contributed by atoms with E-state index in [4.69, 9.17) is 19.3 Å². The number of nitrogens with one attached hydrogen (secondary N) is 1. The molecule has 0 saturated heterocycles. The molecule has 0 unspecified atom stereocenters. The maximum absolute atomic E-state index is 12.2. The number of hydrogen-bond donors (Lipinski definition) is 2. The Morgan fingerprint density at radius 2 is 2.08 bits per heavy atom. The van der Waals surface area contributed by atoms with Crippen LogP contribution in [-0.2, 0) is 11.8 Å². The van der Waals surface area contributed by atoms with Crippen molar-refractivity contribution in [3.63, 3.8) is 0 Å². The van der Waals surface area contributed by atoms with E-state index in [1.54, 1.807) is 38.6 Å². The number of aliphatic hydroxyl groups excluding tert-OH is 1. The molecule has 2 aromatic heterocycles. The van der Waals surface area contributed by atoms with Crippen molar-refractivity contribution in [3.05, 3.63) is 34.7 Å². The van der Waals surface area contributed by atoms with Gasteiger partial charge in [0.1, 0.15) is 32.6 Å². The Labute approximate surface area is 146 Å². The van der Waals surface area contributed by atoms with Gasteiger partial charge in [0.2, 0.25) is 0 Å². The van der Waals surface area contributed by atoms with Crippen LogP contribution in [0.1, 0.15) is 0 Å². The topological polar surface area (TPSA) is 94.8 Å². The van der Waals surface area contributed by atoms with Crippen LogP contribution in [-0.4, -0.2) is 56.0 Å². The van der Waals surface area contributed by atoms with Gasteiger partial charge in [-0.3, -0.25) is 4.79 Å². The smallest absolute Gasteiger partial charge is 0.273 e. The van der Waals surface area contributed by atoms with E-state index in [0.717, 1.165) is 5.46 Å². The summed E-state index contributed by atoms with van der Waals surface area (Å²) in [4.78, 5) is 16.6. The fourth-order valence-corrected chi connectivity index (χ4v) is 2.20. The molecule has 2 aromatic rings. The third-order valence-corrected chi connectivity index (χ3v) is 3.28. The predicted molar refractivity (Wildman–Crippen MR) is 97.3 cm³/mol. The second-order valence-corrected chi connectivity index (χ2v) is 5.39. The number of nitrogens with zero attached hydrogens (tertiary/aromatic N) is 2. The fourth-order valence-electron chi connectivity index (χ4n) is 2.20. The van der Waals surface area contributed by atoms with Crippen LogP contribution in [0.25, 0.3) is 0 Å². The number of aliphatic hydroxyl groups is 1. The molecule has 2 N–H and O–H groups in total. The highest BCUT2D eigenvalue weighted by Gasteiger charge is 2.11. The second kappa shape index (κ2) is 9.09. The van der Waals surface area contributed by atoms with E-state index in [1.807, 2.05) is 7.85 Å². The molecule has 0 aromatic carbocycles. The quantitative estimate of drug-likeness (QED) is 0.452. The number of rotatable bonds is 9. The SMILES string of the molecule is Bc1cc(Nc2ccc(OCCO)c(OCCOC)n2)c(=O)n(C)c1. The molecule has 2 heterocycles. The third kappa shape index (κ3) is 5.23. The molecule has 0 radical (unpaired) electrons. The van der Waals surface area contributed by atoms with Gasteiger partial charge in [0.15, 0.2) is 5.75 Å². The van der Waals surface area contributed by atoms with E-state index in [2.05, 4.69) is 10.3 Å². The van der Waals surface area contributed by atoms with Crippen molar-refractivity contribution < 1.29 is 19.3 Å². The van der Waals surface area contributed by atoms with Crippen LogP contribution >= 0.6 is 0 Å². The Bertz CT molecular complexity index is 766. The zero-order valence-electron chi connectivity index (χ0n) is 14.6. The molecule has 9 heteroatoms. The summed E-state index contributed by atoms with van der Waals surface area (Å²) in [6.45, 7) is 0.718. The molecule has 0 aliphatic rings. The van der Waals surface area contributed by atoms with E-state index in [-0.39, 0.29) is 24.7 Å². The summed E-state index contributed by atoms with van der Waals surface area (Å²) < 4.78 is 17.4. The van der Waals surface area contributed by atoms with Crippen LogP contribution in [0.3, 0.4) is 0 Å². The van der Waals surface area contributed by atoms with Crippen molar-refractivity contribution in [3.8, 4) is 11.6 Å². The Hall–Kier alpha value is -2.52. The monoisotopic (exact) mass is 347 g/mol. The summed E-state index contributed by atoms with van der Waals surface area (Å²) >= 11 is 0. The van der Waals surface area contributed by atoms with E-state index >= 15 is 0 Å². The first-order chi connectivity index (χ1) is 12.0. The molecule has 0 bridgehead atoms. The fraction of sp³-hybridized carbons (Fsp3) is 0.375. The van der Waals surface area contributed by atoms with Gasteiger partial charge in [0, 0.05) is 20.4 Å². The van der Waals surface area contributed by atoms with Crippen LogP contribution in [0, 0.1) is 0 Å². The average molecular weight is 347 g/mol. The zero-order chi connectivity index (χ0) is 18.2. The van der Waals surface area contributed by atoms with Gasteiger partial charge < -0.3 is 29.2 Å². The number of aryl methyl sites for hydroxylation is 1. The Morgan fingerprint density at radius 3 is 2.80 bits per heavy atom. The Kier molecular flexibility index (Phi) is 6.85. The number of ether oxygens (including phenoxy) is 3. The summed E-state index contributed by atoms with van der Waals surface area (Å²) in [5, 5.41) is 11.9. The van der Waals surface area contributed by atoms with E-state index < -0.39 is 0 Å². The molecule has 0 fully saturated rings. The molecule has 0 saturated carbocycles. The molecule has 25 heavy (non-hydrogen) atoms. The van der Waals surface area contributed by atoms with Gasteiger partial charge in [0.25, 0.3) is 11.4 Å². The lowest BCUT2D eigenvalue weighted by Gasteiger charge is -2.13. The summed E-state index contributed by atoms with van der Waals surface area (Å²) in [5.74, 6) is 1.12. The molecule has 0 amide bonds.